The van der Waals surface area contributed by atoms with Crippen molar-refractivity contribution in [2.75, 3.05) is 6.61 Å². The van der Waals surface area contributed by atoms with Crippen molar-refractivity contribution in [3.8, 4) is 5.75 Å². The summed E-state index contributed by atoms with van der Waals surface area (Å²) in [5, 5.41) is 10.8. The first kappa shape index (κ1) is 18.8. The summed E-state index contributed by atoms with van der Waals surface area (Å²) in [4.78, 5) is 33.1. The Morgan fingerprint density at radius 3 is 2.22 bits per heavy atom. The SMILES string of the molecule is Cc1cc(OCC(=O)NNC(=O)CCCC(=O)[O-])cc(C)c1Cl. The second-order valence-corrected chi connectivity index (χ2v) is 5.36. The van der Waals surface area contributed by atoms with Crippen LogP contribution in [-0.4, -0.2) is 24.4 Å². The molecule has 0 radical (unpaired) electrons. The number of hydrogen-bond donors (Lipinski definition) is 2. The van der Waals surface area contributed by atoms with E-state index in [1.54, 1.807) is 12.1 Å². The summed E-state index contributed by atoms with van der Waals surface area (Å²) in [5.41, 5.74) is 6.02. The number of carboxylic acids is 1. The number of nitrogens with one attached hydrogen (secondary N) is 2. The van der Waals surface area contributed by atoms with Crippen LogP contribution in [0.25, 0.3) is 0 Å². The Morgan fingerprint density at radius 2 is 1.65 bits per heavy atom. The number of benzene rings is 1. The second-order valence-electron chi connectivity index (χ2n) is 4.98. The molecule has 2 amide bonds. The first-order valence-corrected chi connectivity index (χ1v) is 7.34. The van der Waals surface area contributed by atoms with Gasteiger partial charge in [-0.25, -0.2) is 0 Å². The molecule has 0 aliphatic carbocycles. The van der Waals surface area contributed by atoms with Gasteiger partial charge >= 0.3 is 0 Å². The topological polar surface area (TPSA) is 108 Å². The molecular weight excluding hydrogens is 324 g/mol. The van der Waals surface area contributed by atoms with E-state index in [1.807, 2.05) is 13.8 Å². The molecule has 0 aromatic heterocycles. The van der Waals surface area contributed by atoms with Crippen LogP contribution in [0.2, 0.25) is 5.02 Å². The number of amides is 2. The van der Waals surface area contributed by atoms with Crippen LogP contribution in [0.5, 0.6) is 5.75 Å². The maximum atomic E-state index is 11.6. The Kier molecular flexibility index (Phi) is 7.34. The van der Waals surface area contributed by atoms with Gasteiger partial charge in [-0.3, -0.25) is 20.4 Å². The third-order valence-corrected chi connectivity index (χ3v) is 3.50. The zero-order chi connectivity index (χ0) is 17.4. The van der Waals surface area contributed by atoms with Gasteiger partial charge in [-0.1, -0.05) is 11.6 Å². The van der Waals surface area contributed by atoms with E-state index in [0.29, 0.717) is 10.8 Å². The van der Waals surface area contributed by atoms with Gasteiger partial charge in [0.1, 0.15) is 5.75 Å². The van der Waals surface area contributed by atoms with Crippen LogP contribution < -0.4 is 20.7 Å². The lowest BCUT2D eigenvalue weighted by molar-refractivity contribution is -0.305. The molecule has 0 aliphatic heterocycles. The van der Waals surface area contributed by atoms with Crippen LogP contribution in [0.1, 0.15) is 30.4 Å². The Morgan fingerprint density at radius 1 is 1.09 bits per heavy atom. The summed E-state index contributed by atoms with van der Waals surface area (Å²) in [6, 6.07) is 3.42. The van der Waals surface area contributed by atoms with Gasteiger partial charge in [-0.15, -0.1) is 0 Å². The number of halogens is 1. The number of aliphatic carboxylic acids is 1. The Labute approximate surface area is 138 Å². The average Bonchev–Trinajstić information content (AvgIpc) is 2.48. The van der Waals surface area contributed by atoms with Gasteiger partial charge < -0.3 is 14.6 Å². The summed E-state index contributed by atoms with van der Waals surface area (Å²) >= 11 is 6.04. The molecular formula is C15H18ClN2O5-. The van der Waals surface area contributed by atoms with Crippen LogP contribution in [0.3, 0.4) is 0 Å². The van der Waals surface area contributed by atoms with Crippen LogP contribution >= 0.6 is 11.6 Å². The van der Waals surface area contributed by atoms with E-state index < -0.39 is 17.8 Å². The molecule has 1 aromatic rings. The molecule has 23 heavy (non-hydrogen) atoms. The molecule has 0 aliphatic rings. The predicted octanol–water partition coefficient (Wildman–Crippen LogP) is 0.403. The van der Waals surface area contributed by atoms with E-state index in [1.165, 1.54) is 0 Å². The number of carbonyl (C=O) groups excluding carboxylic acids is 3. The third-order valence-electron chi connectivity index (χ3n) is 2.91. The quantitative estimate of drug-likeness (QED) is 0.698. The second kappa shape index (κ2) is 8.99. The minimum Gasteiger partial charge on any atom is -0.550 e. The van der Waals surface area contributed by atoms with Gasteiger partial charge in [-0.05, 0) is 49.9 Å². The number of aryl methyl sites for hydroxylation is 2. The molecule has 0 fully saturated rings. The average molecular weight is 342 g/mol. The third kappa shape index (κ3) is 7.01. The fourth-order valence-electron chi connectivity index (χ4n) is 1.77. The molecule has 0 saturated carbocycles. The Hall–Kier alpha value is -2.28. The van der Waals surface area contributed by atoms with Crippen molar-refractivity contribution in [1.82, 2.24) is 10.9 Å². The number of hydrogen-bond acceptors (Lipinski definition) is 5. The zero-order valence-electron chi connectivity index (χ0n) is 12.9. The molecule has 126 valence electrons. The van der Waals surface area contributed by atoms with Gasteiger partial charge in [0.05, 0.1) is 0 Å². The molecule has 0 saturated heterocycles. The highest BCUT2D eigenvalue weighted by Crippen LogP contribution is 2.25. The monoisotopic (exact) mass is 341 g/mol. The molecule has 1 rings (SSSR count). The zero-order valence-corrected chi connectivity index (χ0v) is 13.7. The highest BCUT2D eigenvalue weighted by Gasteiger charge is 2.08. The fourth-order valence-corrected chi connectivity index (χ4v) is 1.88. The van der Waals surface area contributed by atoms with Crippen molar-refractivity contribution in [2.45, 2.75) is 33.1 Å². The molecule has 0 unspecified atom stereocenters. The van der Waals surface area contributed by atoms with E-state index in [0.717, 1.165) is 11.1 Å². The number of ether oxygens (including phenoxy) is 1. The smallest absolute Gasteiger partial charge is 0.276 e. The Bertz CT molecular complexity index is 581. The first-order valence-electron chi connectivity index (χ1n) is 6.96. The van der Waals surface area contributed by atoms with E-state index in [9.17, 15) is 19.5 Å². The lowest BCUT2D eigenvalue weighted by atomic mass is 10.1. The summed E-state index contributed by atoms with van der Waals surface area (Å²) < 4.78 is 5.32. The standard InChI is InChI=1S/C15H19ClN2O5/c1-9-6-11(7-10(2)15(9)16)23-8-13(20)18-17-12(19)4-3-5-14(21)22/h6-7H,3-5,8H2,1-2H3,(H,17,19)(H,18,20)(H,21,22)/p-1. The molecule has 7 nitrogen and oxygen atoms in total. The van der Waals surface area contributed by atoms with Gasteiger partial charge in [0.2, 0.25) is 5.91 Å². The van der Waals surface area contributed by atoms with Gasteiger partial charge in [0.25, 0.3) is 5.91 Å². The minimum absolute atomic E-state index is 0.0231. The van der Waals surface area contributed by atoms with Crippen LogP contribution in [0.15, 0.2) is 12.1 Å². The number of hydrazine groups is 1. The van der Waals surface area contributed by atoms with Crippen molar-refractivity contribution >= 4 is 29.4 Å². The van der Waals surface area contributed by atoms with Crippen molar-refractivity contribution in [3.63, 3.8) is 0 Å². The lowest BCUT2D eigenvalue weighted by Gasteiger charge is -2.11. The van der Waals surface area contributed by atoms with E-state index >= 15 is 0 Å². The number of rotatable bonds is 7. The maximum Gasteiger partial charge on any atom is 0.276 e. The van der Waals surface area contributed by atoms with E-state index in [4.69, 9.17) is 16.3 Å². The summed E-state index contributed by atoms with van der Waals surface area (Å²) in [5.74, 6) is -1.75. The molecule has 1 aromatic carbocycles. The van der Waals surface area contributed by atoms with Crippen LogP contribution in [0, 0.1) is 13.8 Å². The van der Waals surface area contributed by atoms with Crippen molar-refractivity contribution in [1.29, 1.82) is 0 Å². The van der Waals surface area contributed by atoms with Crippen molar-refractivity contribution in [2.24, 2.45) is 0 Å². The van der Waals surface area contributed by atoms with E-state index in [2.05, 4.69) is 10.9 Å². The normalized spacial score (nSPS) is 10.0. The molecule has 0 bridgehead atoms. The fraction of sp³-hybridized carbons (Fsp3) is 0.400. The van der Waals surface area contributed by atoms with Crippen LogP contribution in [0.4, 0.5) is 0 Å². The largest absolute Gasteiger partial charge is 0.550 e. The number of carbonyl (C=O) groups is 3. The molecule has 2 N–H and O–H groups in total. The van der Waals surface area contributed by atoms with Crippen LogP contribution in [-0.2, 0) is 14.4 Å². The maximum absolute atomic E-state index is 11.6. The van der Waals surface area contributed by atoms with Gasteiger partial charge in [-0.2, -0.15) is 0 Å². The molecule has 8 heteroatoms. The van der Waals surface area contributed by atoms with Gasteiger partial charge in [0.15, 0.2) is 6.61 Å². The summed E-state index contributed by atoms with van der Waals surface area (Å²) in [6.07, 6.45) is -0.0890. The molecule has 0 heterocycles. The van der Waals surface area contributed by atoms with Gasteiger partial charge in [0, 0.05) is 17.4 Å². The molecule has 0 atom stereocenters. The Balaban J connectivity index is 2.32. The number of carboxylic acid groups (broad SMARTS) is 1. The minimum atomic E-state index is -1.22. The molecule has 0 spiro atoms. The lowest BCUT2D eigenvalue weighted by Crippen LogP contribution is -2.43. The first-order chi connectivity index (χ1) is 10.8. The predicted molar refractivity (Wildman–Crippen MR) is 81.6 cm³/mol. The van der Waals surface area contributed by atoms with E-state index in [-0.39, 0.29) is 25.9 Å². The van der Waals surface area contributed by atoms with Crippen molar-refractivity contribution < 1.29 is 24.2 Å². The van der Waals surface area contributed by atoms with Crippen molar-refractivity contribution in [3.05, 3.63) is 28.3 Å². The summed E-state index contributed by atoms with van der Waals surface area (Å²) in [7, 11) is 0. The highest BCUT2D eigenvalue weighted by molar-refractivity contribution is 6.32. The summed E-state index contributed by atoms with van der Waals surface area (Å²) in [6.45, 7) is 3.38. The highest BCUT2D eigenvalue weighted by atomic mass is 35.5.